The van der Waals surface area contributed by atoms with E-state index in [1.807, 2.05) is 0 Å². The van der Waals surface area contributed by atoms with E-state index in [1.54, 1.807) is 0 Å². The number of aliphatic hydroxyl groups is 3. The van der Waals surface area contributed by atoms with Crippen molar-refractivity contribution in [3.05, 3.63) is 0 Å². The third-order valence-electron chi connectivity index (χ3n) is 7.14. The molecule has 0 aliphatic carbocycles. The van der Waals surface area contributed by atoms with Crippen molar-refractivity contribution in [3.8, 4) is 0 Å². The molecular formula is C34H70O7. The van der Waals surface area contributed by atoms with Crippen molar-refractivity contribution < 1.29 is 35.1 Å². The Hall–Kier alpha value is -1.18. The first-order valence-electron chi connectivity index (χ1n) is 17.2. The van der Waals surface area contributed by atoms with Gasteiger partial charge in [-0.15, -0.1) is 0 Å². The lowest BCUT2D eigenvalue weighted by molar-refractivity contribution is -0.138. The van der Waals surface area contributed by atoms with Gasteiger partial charge in [0.2, 0.25) is 0 Å². The fourth-order valence-electron chi connectivity index (χ4n) is 4.46. The maximum atomic E-state index is 10.3. The fourth-order valence-corrected chi connectivity index (χ4v) is 4.46. The Labute approximate surface area is 253 Å². The SMILES string of the molecule is CCCCCCCCCCCCCC(=O)O.CCCCCCCCCCCCCC(=O)O.OCCCCC(O)CO. The van der Waals surface area contributed by atoms with Gasteiger partial charge in [0, 0.05) is 19.4 Å². The molecule has 0 aromatic carbocycles. The Morgan fingerprint density at radius 2 is 0.756 bits per heavy atom. The highest BCUT2D eigenvalue weighted by atomic mass is 16.4. The van der Waals surface area contributed by atoms with Gasteiger partial charge >= 0.3 is 11.9 Å². The highest BCUT2D eigenvalue weighted by Crippen LogP contribution is 2.13. The molecule has 0 radical (unpaired) electrons. The fraction of sp³-hybridized carbons (Fsp3) is 0.941. The quantitative estimate of drug-likeness (QED) is 0.0548. The third kappa shape index (κ3) is 52.0. The summed E-state index contributed by atoms with van der Waals surface area (Å²) in [6.07, 6.45) is 30.2. The summed E-state index contributed by atoms with van der Waals surface area (Å²) < 4.78 is 0. The Balaban J connectivity index is -0.000000551. The van der Waals surface area contributed by atoms with Gasteiger partial charge in [-0.3, -0.25) is 9.59 Å². The maximum Gasteiger partial charge on any atom is 0.303 e. The molecular weight excluding hydrogens is 520 g/mol. The average Bonchev–Trinajstić information content (AvgIpc) is 2.95. The zero-order valence-corrected chi connectivity index (χ0v) is 27.1. The van der Waals surface area contributed by atoms with Gasteiger partial charge in [-0.05, 0) is 32.1 Å². The molecule has 7 nitrogen and oxygen atoms in total. The van der Waals surface area contributed by atoms with E-state index in [0.717, 1.165) is 32.1 Å². The van der Waals surface area contributed by atoms with Gasteiger partial charge in [0.15, 0.2) is 0 Å². The van der Waals surface area contributed by atoms with Crippen LogP contribution in [0.4, 0.5) is 0 Å². The lowest BCUT2D eigenvalue weighted by Gasteiger charge is -2.03. The number of hydrogen-bond donors (Lipinski definition) is 5. The predicted molar refractivity (Wildman–Crippen MR) is 171 cm³/mol. The molecule has 0 aliphatic heterocycles. The van der Waals surface area contributed by atoms with E-state index in [2.05, 4.69) is 13.8 Å². The monoisotopic (exact) mass is 591 g/mol. The van der Waals surface area contributed by atoms with Crippen LogP contribution in [0.3, 0.4) is 0 Å². The molecule has 5 N–H and O–H groups in total. The molecule has 1 atom stereocenters. The van der Waals surface area contributed by atoms with Crippen LogP contribution in [0.5, 0.6) is 0 Å². The standard InChI is InChI=1S/2C14H28O2.C6H14O3/c2*1-2-3-4-5-6-7-8-9-10-11-12-13-14(15)16;7-4-2-1-3-6(9)5-8/h2*2-13H2,1H3,(H,15,16);6-9H,1-5H2. The molecule has 41 heavy (non-hydrogen) atoms. The topological polar surface area (TPSA) is 135 Å². The number of hydrogen-bond acceptors (Lipinski definition) is 5. The molecule has 0 rings (SSSR count). The average molecular weight is 591 g/mol. The number of carboxylic acid groups (broad SMARTS) is 2. The molecule has 0 amide bonds. The normalized spacial score (nSPS) is 11.2. The summed E-state index contributed by atoms with van der Waals surface area (Å²) in [5.74, 6) is -1.31. The minimum Gasteiger partial charge on any atom is -0.481 e. The molecule has 0 saturated carbocycles. The lowest BCUT2D eigenvalue weighted by Crippen LogP contribution is -2.11. The van der Waals surface area contributed by atoms with Crippen LogP contribution in [-0.2, 0) is 9.59 Å². The van der Waals surface area contributed by atoms with Crippen molar-refractivity contribution in [3.63, 3.8) is 0 Å². The summed E-state index contributed by atoms with van der Waals surface area (Å²) in [5.41, 5.74) is 0. The van der Waals surface area contributed by atoms with Crippen molar-refractivity contribution in [2.75, 3.05) is 13.2 Å². The van der Waals surface area contributed by atoms with Gasteiger partial charge < -0.3 is 25.5 Å². The minimum absolute atomic E-state index is 0.165. The number of carbonyl (C=O) groups is 2. The largest absolute Gasteiger partial charge is 0.481 e. The second-order valence-corrected chi connectivity index (χ2v) is 11.4. The molecule has 0 aromatic heterocycles. The van der Waals surface area contributed by atoms with E-state index in [0.29, 0.717) is 25.7 Å². The Morgan fingerprint density at radius 1 is 0.463 bits per heavy atom. The Kier molecular flexibility index (Phi) is 44.2. The molecule has 0 heterocycles. The summed E-state index contributed by atoms with van der Waals surface area (Å²) in [5, 5.41) is 42.3. The van der Waals surface area contributed by atoms with Gasteiger partial charge in [-0.1, -0.05) is 142 Å². The van der Waals surface area contributed by atoms with E-state index in [1.165, 1.54) is 116 Å². The van der Waals surface area contributed by atoms with Crippen molar-refractivity contribution >= 4 is 11.9 Å². The predicted octanol–water partition coefficient (Wildman–Crippen LogP) is 9.05. The number of aliphatic carboxylic acids is 2. The zero-order valence-electron chi connectivity index (χ0n) is 27.1. The summed E-state index contributed by atoms with van der Waals surface area (Å²) in [6, 6.07) is 0. The molecule has 1 unspecified atom stereocenters. The summed E-state index contributed by atoms with van der Waals surface area (Å²) in [6.45, 7) is 4.48. The smallest absolute Gasteiger partial charge is 0.303 e. The number of unbranched alkanes of at least 4 members (excludes halogenated alkanes) is 21. The Morgan fingerprint density at radius 3 is 1.00 bits per heavy atom. The van der Waals surface area contributed by atoms with Crippen molar-refractivity contribution in [2.24, 2.45) is 0 Å². The summed E-state index contributed by atoms with van der Waals surface area (Å²) in [4.78, 5) is 20.5. The number of carboxylic acids is 2. The highest BCUT2D eigenvalue weighted by Gasteiger charge is 1.99. The molecule has 0 aliphatic rings. The van der Waals surface area contributed by atoms with Crippen molar-refractivity contribution in [1.29, 1.82) is 0 Å². The van der Waals surface area contributed by atoms with Crippen LogP contribution in [0.2, 0.25) is 0 Å². The second kappa shape index (κ2) is 41.0. The van der Waals surface area contributed by atoms with Crippen LogP contribution in [0.15, 0.2) is 0 Å². The van der Waals surface area contributed by atoms with E-state index in [4.69, 9.17) is 25.5 Å². The van der Waals surface area contributed by atoms with Crippen LogP contribution < -0.4 is 0 Å². The van der Waals surface area contributed by atoms with E-state index in [-0.39, 0.29) is 13.2 Å². The van der Waals surface area contributed by atoms with Crippen LogP contribution in [0.25, 0.3) is 0 Å². The van der Waals surface area contributed by atoms with Gasteiger partial charge in [-0.2, -0.15) is 0 Å². The first-order chi connectivity index (χ1) is 19.8. The van der Waals surface area contributed by atoms with Gasteiger partial charge in [0.25, 0.3) is 0 Å². The van der Waals surface area contributed by atoms with E-state index >= 15 is 0 Å². The van der Waals surface area contributed by atoms with Gasteiger partial charge in [0.1, 0.15) is 0 Å². The zero-order chi connectivity index (χ0) is 31.2. The molecule has 0 aromatic rings. The maximum absolute atomic E-state index is 10.3. The van der Waals surface area contributed by atoms with E-state index < -0.39 is 18.0 Å². The first kappa shape index (κ1) is 44.3. The molecule has 0 fully saturated rings. The first-order valence-corrected chi connectivity index (χ1v) is 17.2. The molecule has 7 heteroatoms. The Bertz CT molecular complexity index is 463. The van der Waals surface area contributed by atoms with Crippen molar-refractivity contribution in [2.45, 2.75) is 193 Å². The van der Waals surface area contributed by atoms with Gasteiger partial charge in [0.05, 0.1) is 12.7 Å². The van der Waals surface area contributed by atoms with Crippen LogP contribution in [0, 0.1) is 0 Å². The van der Waals surface area contributed by atoms with Crippen LogP contribution in [-0.4, -0.2) is 56.8 Å². The molecule has 0 spiro atoms. The highest BCUT2D eigenvalue weighted by molar-refractivity contribution is 5.66. The number of aliphatic hydroxyl groups excluding tert-OH is 3. The van der Waals surface area contributed by atoms with Gasteiger partial charge in [-0.25, -0.2) is 0 Å². The lowest BCUT2D eigenvalue weighted by atomic mass is 10.1. The summed E-state index contributed by atoms with van der Waals surface area (Å²) in [7, 11) is 0. The minimum atomic E-state index is -0.657. The molecule has 0 saturated heterocycles. The number of rotatable bonds is 29. The summed E-state index contributed by atoms with van der Waals surface area (Å²) >= 11 is 0. The third-order valence-corrected chi connectivity index (χ3v) is 7.14. The van der Waals surface area contributed by atoms with E-state index in [9.17, 15) is 9.59 Å². The van der Waals surface area contributed by atoms with Crippen LogP contribution in [0.1, 0.15) is 187 Å². The molecule has 0 bridgehead atoms. The van der Waals surface area contributed by atoms with Crippen LogP contribution >= 0.6 is 0 Å². The van der Waals surface area contributed by atoms with Crippen molar-refractivity contribution in [1.82, 2.24) is 0 Å². The molecule has 248 valence electrons. The second-order valence-electron chi connectivity index (χ2n) is 11.4.